The molecule has 1 saturated heterocycles. The number of hydrogen-bond donors (Lipinski definition) is 2. The summed E-state index contributed by atoms with van der Waals surface area (Å²) in [7, 11) is 0. The summed E-state index contributed by atoms with van der Waals surface area (Å²) in [4.78, 5) is 12.3. The van der Waals surface area contributed by atoms with Crippen LogP contribution >= 0.6 is 0 Å². The highest BCUT2D eigenvalue weighted by molar-refractivity contribution is 5.56. The van der Waals surface area contributed by atoms with Crippen molar-refractivity contribution in [3.63, 3.8) is 0 Å². The van der Waals surface area contributed by atoms with Gasteiger partial charge in [-0.3, -0.25) is 4.90 Å². The van der Waals surface area contributed by atoms with Crippen LogP contribution in [0.15, 0.2) is 0 Å². The quantitative estimate of drug-likeness (QED) is 0.530. The predicted molar refractivity (Wildman–Crippen MR) is 43.7 cm³/mol. The zero-order valence-corrected chi connectivity index (χ0v) is 7.18. The number of aldehydes is 1. The molecule has 1 aliphatic heterocycles. The number of nitrogens with zero attached hydrogens (tertiary/aromatic N) is 1. The number of hydrogen-bond acceptors (Lipinski definition) is 4. The third-order valence-corrected chi connectivity index (χ3v) is 2.44. The molecule has 1 aliphatic rings. The summed E-state index contributed by atoms with van der Waals surface area (Å²) in [6.07, 6.45) is 0.365. The smallest absolute Gasteiger partial charge is 0.136 e. The van der Waals surface area contributed by atoms with Gasteiger partial charge in [0.05, 0.1) is 12.1 Å². The monoisotopic (exact) mass is 173 g/mol. The molecule has 0 amide bonds. The third kappa shape index (κ3) is 1.83. The van der Waals surface area contributed by atoms with Gasteiger partial charge in [-0.1, -0.05) is 0 Å². The average Bonchev–Trinajstić information content (AvgIpc) is 2.45. The lowest BCUT2D eigenvalue weighted by Crippen LogP contribution is -2.32. The first-order chi connectivity index (χ1) is 5.69. The molecule has 0 radical (unpaired) electrons. The van der Waals surface area contributed by atoms with Crippen molar-refractivity contribution in [3.05, 3.63) is 0 Å². The Labute approximate surface area is 71.8 Å². The van der Waals surface area contributed by atoms with Crippen molar-refractivity contribution >= 4 is 6.29 Å². The molecule has 1 heterocycles. The topological polar surface area (TPSA) is 60.8 Å². The zero-order chi connectivity index (χ0) is 9.14. The lowest BCUT2D eigenvalue weighted by molar-refractivity contribution is -0.111. The maximum Gasteiger partial charge on any atom is 0.136 e. The van der Waals surface area contributed by atoms with Gasteiger partial charge in [-0.2, -0.15) is 0 Å². The van der Waals surface area contributed by atoms with Gasteiger partial charge >= 0.3 is 0 Å². The summed E-state index contributed by atoms with van der Waals surface area (Å²) in [6.45, 7) is 2.88. The minimum atomic E-state index is -0.489. The van der Waals surface area contributed by atoms with Crippen molar-refractivity contribution in [3.8, 4) is 0 Å². The van der Waals surface area contributed by atoms with Gasteiger partial charge in [-0.05, 0) is 6.92 Å². The highest BCUT2D eigenvalue weighted by Crippen LogP contribution is 2.17. The molecular weight excluding hydrogens is 158 g/mol. The van der Waals surface area contributed by atoms with E-state index in [0.29, 0.717) is 13.1 Å². The average molecular weight is 173 g/mol. The Morgan fingerprint density at radius 3 is 2.75 bits per heavy atom. The van der Waals surface area contributed by atoms with E-state index < -0.39 is 6.10 Å². The number of carbonyl (C=O) groups is 1. The summed E-state index contributed by atoms with van der Waals surface area (Å²) in [6, 6.07) is -0.156. The first-order valence-electron chi connectivity index (χ1n) is 4.17. The van der Waals surface area contributed by atoms with Crippen LogP contribution < -0.4 is 0 Å². The largest absolute Gasteiger partial charge is 0.396 e. The van der Waals surface area contributed by atoms with E-state index in [1.165, 1.54) is 0 Å². The van der Waals surface area contributed by atoms with Gasteiger partial charge in [-0.15, -0.1) is 0 Å². The Hall–Kier alpha value is -0.450. The molecule has 0 aromatic heterocycles. The van der Waals surface area contributed by atoms with Gasteiger partial charge in [0, 0.05) is 25.6 Å². The van der Waals surface area contributed by atoms with Crippen LogP contribution in [-0.4, -0.2) is 53.2 Å². The van der Waals surface area contributed by atoms with Crippen molar-refractivity contribution < 1.29 is 15.0 Å². The van der Waals surface area contributed by atoms with Gasteiger partial charge in [0.15, 0.2) is 0 Å². The number of likely N-dealkylation sites (tertiary alicyclic amines) is 1. The molecule has 3 unspecified atom stereocenters. The highest BCUT2D eigenvalue weighted by Gasteiger charge is 2.32. The molecule has 0 spiro atoms. The summed E-state index contributed by atoms with van der Waals surface area (Å²) >= 11 is 0. The molecule has 3 atom stereocenters. The summed E-state index contributed by atoms with van der Waals surface area (Å²) in [5.74, 6) is -0.0904. The Morgan fingerprint density at radius 1 is 1.67 bits per heavy atom. The van der Waals surface area contributed by atoms with Gasteiger partial charge in [0.25, 0.3) is 0 Å². The second-order valence-electron chi connectivity index (χ2n) is 3.34. The highest BCUT2D eigenvalue weighted by atomic mass is 16.3. The van der Waals surface area contributed by atoms with Crippen molar-refractivity contribution in [2.75, 3.05) is 19.7 Å². The fourth-order valence-corrected chi connectivity index (χ4v) is 1.48. The van der Waals surface area contributed by atoms with Crippen molar-refractivity contribution in [1.82, 2.24) is 4.90 Å². The van der Waals surface area contributed by atoms with E-state index in [9.17, 15) is 9.90 Å². The van der Waals surface area contributed by atoms with E-state index in [2.05, 4.69) is 0 Å². The standard InChI is InChI=1S/C8H15NO3/c1-6(4-10)9-2-7(5-11)8(12)3-9/h4,6-8,11-12H,2-3,5H2,1H3. The number of carbonyl (C=O) groups excluding carboxylic acids is 1. The minimum Gasteiger partial charge on any atom is -0.396 e. The first kappa shape index (κ1) is 9.64. The molecule has 4 nitrogen and oxygen atoms in total. The van der Waals surface area contributed by atoms with Crippen LogP contribution in [0.2, 0.25) is 0 Å². The summed E-state index contributed by atoms with van der Waals surface area (Å²) in [5, 5.41) is 18.2. The molecule has 0 bridgehead atoms. The lowest BCUT2D eigenvalue weighted by Gasteiger charge is -2.17. The molecule has 70 valence electrons. The number of aliphatic hydroxyl groups excluding tert-OH is 2. The fourth-order valence-electron chi connectivity index (χ4n) is 1.48. The molecule has 0 aromatic carbocycles. The van der Waals surface area contributed by atoms with Crippen LogP contribution in [0.25, 0.3) is 0 Å². The first-order valence-corrected chi connectivity index (χ1v) is 4.17. The Bertz CT molecular complexity index is 162. The van der Waals surface area contributed by atoms with Gasteiger partial charge < -0.3 is 15.0 Å². The van der Waals surface area contributed by atoms with E-state index in [1.807, 2.05) is 4.90 Å². The van der Waals surface area contributed by atoms with E-state index >= 15 is 0 Å². The van der Waals surface area contributed by atoms with Gasteiger partial charge in [-0.25, -0.2) is 0 Å². The summed E-state index contributed by atoms with van der Waals surface area (Å²) < 4.78 is 0. The van der Waals surface area contributed by atoms with Crippen LogP contribution in [0.3, 0.4) is 0 Å². The van der Waals surface area contributed by atoms with Gasteiger partial charge in [0.1, 0.15) is 6.29 Å². The normalized spacial score (nSPS) is 33.6. The van der Waals surface area contributed by atoms with Crippen LogP contribution in [0.1, 0.15) is 6.92 Å². The van der Waals surface area contributed by atoms with Crippen LogP contribution in [-0.2, 0) is 4.79 Å². The predicted octanol–water partition coefficient (Wildman–Crippen LogP) is -1.14. The van der Waals surface area contributed by atoms with Gasteiger partial charge in [0.2, 0.25) is 0 Å². The zero-order valence-electron chi connectivity index (χ0n) is 7.18. The summed E-state index contributed by atoms with van der Waals surface area (Å²) in [5.41, 5.74) is 0. The molecule has 0 aromatic rings. The third-order valence-electron chi connectivity index (χ3n) is 2.44. The fraction of sp³-hybridized carbons (Fsp3) is 0.875. The van der Waals surface area contributed by atoms with Crippen molar-refractivity contribution in [1.29, 1.82) is 0 Å². The Morgan fingerprint density at radius 2 is 2.33 bits per heavy atom. The van der Waals surface area contributed by atoms with Crippen molar-refractivity contribution in [2.45, 2.75) is 19.1 Å². The maximum atomic E-state index is 10.4. The maximum absolute atomic E-state index is 10.4. The number of β-amino-alcohol motifs (C(OH)–C–C–N with tert-alkyl or cyclic N) is 1. The van der Waals surface area contributed by atoms with Crippen LogP contribution in [0.4, 0.5) is 0 Å². The Balaban J connectivity index is 2.47. The van der Waals surface area contributed by atoms with Crippen LogP contribution in [0.5, 0.6) is 0 Å². The SMILES string of the molecule is CC(C=O)N1CC(O)C(CO)C1. The molecule has 4 heteroatoms. The van der Waals surface area contributed by atoms with E-state index in [0.717, 1.165) is 6.29 Å². The van der Waals surface area contributed by atoms with Crippen LogP contribution in [0, 0.1) is 5.92 Å². The molecule has 1 fully saturated rings. The molecule has 12 heavy (non-hydrogen) atoms. The van der Waals surface area contributed by atoms with Crippen molar-refractivity contribution in [2.24, 2.45) is 5.92 Å². The van der Waals surface area contributed by atoms with E-state index in [-0.39, 0.29) is 18.6 Å². The van der Waals surface area contributed by atoms with E-state index in [4.69, 9.17) is 5.11 Å². The molecule has 1 rings (SSSR count). The number of rotatable bonds is 3. The molecular formula is C8H15NO3. The molecule has 0 saturated carbocycles. The second kappa shape index (κ2) is 3.98. The van der Waals surface area contributed by atoms with E-state index in [1.54, 1.807) is 6.92 Å². The Kier molecular flexibility index (Phi) is 3.20. The lowest BCUT2D eigenvalue weighted by atomic mass is 10.1. The molecule has 2 N–H and O–H groups in total. The number of aliphatic hydroxyl groups is 2. The second-order valence-corrected chi connectivity index (χ2v) is 3.34. The molecule has 0 aliphatic carbocycles. The minimum absolute atomic E-state index is 0.0107.